The molecule has 1 aliphatic carbocycles. The first-order valence-electron chi connectivity index (χ1n) is 10.0. The van der Waals surface area contributed by atoms with Gasteiger partial charge in [0.25, 0.3) is 5.91 Å². The molecule has 1 saturated heterocycles. The molecule has 1 unspecified atom stereocenters. The molecule has 0 aromatic carbocycles. The van der Waals surface area contributed by atoms with Gasteiger partial charge >= 0.3 is 0 Å². The highest BCUT2D eigenvalue weighted by atomic mass is 16.3. The Hall–Kier alpha value is -3.20. The highest BCUT2D eigenvalue weighted by Crippen LogP contribution is 2.36. The highest BCUT2D eigenvalue weighted by molar-refractivity contribution is 5.98. The summed E-state index contributed by atoms with van der Waals surface area (Å²) in [5.74, 6) is 0.195. The molecule has 3 atom stereocenters. The minimum absolute atomic E-state index is 0.0202. The van der Waals surface area contributed by atoms with Gasteiger partial charge in [-0.2, -0.15) is 0 Å². The molecule has 158 valence electrons. The third-order valence-corrected chi connectivity index (χ3v) is 5.88. The number of hydrogen-bond donors (Lipinski definition) is 2. The second-order valence-electron chi connectivity index (χ2n) is 7.78. The van der Waals surface area contributed by atoms with Crippen LogP contribution >= 0.6 is 0 Å². The van der Waals surface area contributed by atoms with Gasteiger partial charge in [0.1, 0.15) is 17.6 Å². The van der Waals surface area contributed by atoms with Crippen molar-refractivity contribution in [2.45, 2.75) is 18.9 Å². The number of nitrogens with two attached hydrogens (primary N) is 1. The maximum atomic E-state index is 13.0. The molecule has 4 rings (SSSR count). The first kappa shape index (κ1) is 20.1. The molecule has 2 aliphatic rings. The second-order valence-corrected chi connectivity index (χ2v) is 7.78. The molecule has 2 fully saturated rings. The van der Waals surface area contributed by atoms with Crippen LogP contribution in [0.1, 0.15) is 23.2 Å². The van der Waals surface area contributed by atoms with Gasteiger partial charge in [-0.1, -0.05) is 6.08 Å². The summed E-state index contributed by atoms with van der Waals surface area (Å²) < 4.78 is 5.02. The van der Waals surface area contributed by atoms with E-state index in [-0.39, 0.29) is 48.1 Å². The molecular weight excluding hydrogens is 386 g/mol. The minimum Gasteiger partial charge on any atom is -0.472 e. The molecule has 0 spiro atoms. The molecule has 9 heteroatoms. The molecule has 30 heavy (non-hydrogen) atoms. The van der Waals surface area contributed by atoms with Crippen LogP contribution < -0.4 is 5.73 Å². The number of β-amino-alcohol motifs (C(OH)–C–C–N with tert-alkyl or cyclic N) is 1. The van der Waals surface area contributed by atoms with E-state index in [0.29, 0.717) is 24.5 Å². The van der Waals surface area contributed by atoms with E-state index in [9.17, 15) is 14.7 Å². The molecule has 9 nitrogen and oxygen atoms in total. The van der Waals surface area contributed by atoms with Crippen LogP contribution in [0, 0.1) is 11.8 Å². The van der Waals surface area contributed by atoms with Crippen LogP contribution in [0.2, 0.25) is 0 Å². The second kappa shape index (κ2) is 8.27. The van der Waals surface area contributed by atoms with Crippen molar-refractivity contribution in [3.63, 3.8) is 0 Å². The van der Waals surface area contributed by atoms with Crippen LogP contribution in [0.3, 0.4) is 0 Å². The molecule has 2 amide bonds. The van der Waals surface area contributed by atoms with Crippen molar-refractivity contribution < 1.29 is 19.1 Å². The monoisotopic (exact) mass is 411 g/mol. The summed E-state index contributed by atoms with van der Waals surface area (Å²) in [5, 5.41) is 10.4. The predicted molar refractivity (Wildman–Crippen MR) is 109 cm³/mol. The Morgan fingerprint density at radius 1 is 1.27 bits per heavy atom. The number of aromatic nitrogens is 2. The highest BCUT2D eigenvalue weighted by Gasteiger charge is 2.38. The number of nitrogen functional groups attached to an aromatic ring is 1. The lowest BCUT2D eigenvalue weighted by Gasteiger charge is -2.37. The van der Waals surface area contributed by atoms with Gasteiger partial charge in [-0.25, -0.2) is 9.97 Å². The number of carbonyl (C=O) groups excluding carboxylic acids is 2. The number of nitrogens with zero attached hydrogens (tertiary/aromatic N) is 4. The summed E-state index contributed by atoms with van der Waals surface area (Å²) in [6, 6.07) is 1.70. The van der Waals surface area contributed by atoms with Crippen molar-refractivity contribution in [2.24, 2.45) is 11.8 Å². The number of aliphatic hydroxyl groups is 1. The van der Waals surface area contributed by atoms with Crippen LogP contribution in [0.25, 0.3) is 11.4 Å². The molecule has 1 aliphatic heterocycles. The summed E-state index contributed by atoms with van der Waals surface area (Å²) in [6.07, 6.45) is 7.17. The number of allylic oxidation sites excluding steroid dienone is 1. The third-order valence-electron chi connectivity index (χ3n) is 5.88. The van der Waals surface area contributed by atoms with Crippen molar-refractivity contribution in [1.82, 2.24) is 19.8 Å². The Kier molecular flexibility index (Phi) is 5.54. The van der Waals surface area contributed by atoms with Gasteiger partial charge in [0.15, 0.2) is 5.82 Å². The van der Waals surface area contributed by atoms with E-state index in [0.717, 1.165) is 12.8 Å². The maximum Gasteiger partial charge on any atom is 0.259 e. The van der Waals surface area contributed by atoms with Crippen LogP contribution in [0.5, 0.6) is 0 Å². The molecule has 3 heterocycles. The Bertz CT molecular complexity index is 945. The third kappa shape index (κ3) is 3.80. The largest absolute Gasteiger partial charge is 0.472 e. The average molecular weight is 411 g/mol. The van der Waals surface area contributed by atoms with E-state index in [1.165, 1.54) is 23.6 Å². The fraction of sp³-hybridized carbons (Fsp3) is 0.429. The molecular formula is C21H25N5O4. The van der Waals surface area contributed by atoms with Crippen molar-refractivity contribution in [3.8, 4) is 11.4 Å². The predicted octanol–water partition coefficient (Wildman–Crippen LogP) is 1.18. The van der Waals surface area contributed by atoms with Crippen LogP contribution in [0.4, 0.5) is 5.82 Å². The number of rotatable bonds is 4. The summed E-state index contributed by atoms with van der Waals surface area (Å²) in [4.78, 5) is 37.4. The van der Waals surface area contributed by atoms with Gasteiger partial charge in [-0.3, -0.25) is 9.59 Å². The van der Waals surface area contributed by atoms with Crippen LogP contribution in [-0.4, -0.2) is 69.0 Å². The lowest BCUT2D eigenvalue weighted by atomic mass is 9.73. The van der Waals surface area contributed by atoms with Gasteiger partial charge < -0.3 is 25.1 Å². The van der Waals surface area contributed by atoms with Crippen molar-refractivity contribution in [3.05, 3.63) is 43.0 Å². The lowest BCUT2D eigenvalue weighted by Crippen LogP contribution is -2.46. The Morgan fingerprint density at radius 3 is 2.67 bits per heavy atom. The number of aliphatic hydroxyl groups excluding tert-OH is 1. The SMILES string of the molecule is C=C[C@@H]1CC[C@H]1C(=O)N1CCN(C(=O)c2cnc(-c3ccoc3)nc2N)CC(O)C1. The Morgan fingerprint density at radius 2 is 2.03 bits per heavy atom. The number of carbonyl (C=O) groups is 2. The summed E-state index contributed by atoms with van der Waals surface area (Å²) in [7, 11) is 0. The first-order chi connectivity index (χ1) is 14.5. The lowest BCUT2D eigenvalue weighted by molar-refractivity contribution is -0.141. The number of amides is 2. The van der Waals surface area contributed by atoms with Crippen LogP contribution in [-0.2, 0) is 4.79 Å². The van der Waals surface area contributed by atoms with Gasteiger partial charge in [-0.05, 0) is 24.8 Å². The van der Waals surface area contributed by atoms with E-state index in [1.54, 1.807) is 11.0 Å². The zero-order valence-corrected chi connectivity index (χ0v) is 16.6. The minimum atomic E-state index is -0.838. The average Bonchev–Trinajstić information content (AvgIpc) is 3.16. The Balaban J connectivity index is 1.46. The van der Waals surface area contributed by atoms with E-state index in [1.807, 2.05) is 6.08 Å². The standard InChI is InChI=1S/C21H25N5O4/c1-2-13-3-4-16(13)20(28)25-6-7-26(11-15(27)10-25)21(29)17-9-23-19(24-18(17)22)14-5-8-30-12-14/h2,5,8-9,12-13,15-16,27H,1,3-4,6-7,10-11H2,(H2,22,23,24)/t13-,15?,16-/m1/s1. The van der Waals surface area contributed by atoms with E-state index in [2.05, 4.69) is 16.5 Å². The normalized spacial score (nSPS) is 24.1. The van der Waals surface area contributed by atoms with Crippen molar-refractivity contribution in [1.29, 1.82) is 0 Å². The fourth-order valence-corrected chi connectivity index (χ4v) is 3.99. The quantitative estimate of drug-likeness (QED) is 0.724. The smallest absolute Gasteiger partial charge is 0.259 e. The van der Waals surface area contributed by atoms with Gasteiger partial charge in [-0.15, -0.1) is 6.58 Å². The molecule has 1 saturated carbocycles. The topological polar surface area (TPSA) is 126 Å². The van der Waals surface area contributed by atoms with Gasteiger partial charge in [0, 0.05) is 38.3 Å². The van der Waals surface area contributed by atoms with E-state index >= 15 is 0 Å². The summed E-state index contributed by atoms with van der Waals surface area (Å²) >= 11 is 0. The molecule has 0 radical (unpaired) electrons. The van der Waals surface area contributed by atoms with Crippen molar-refractivity contribution in [2.75, 3.05) is 31.9 Å². The van der Waals surface area contributed by atoms with Crippen LogP contribution in [0.15, 0.2) is 41.9 Å². The number of hydrogen-bond acceptors (Lipinski definition) is 7. The van der Waals surface area contributed by atoms with Gasteiger partial charge in [0.2, 0.25) is 5.91 Å². The zero-order valence-electron chi connectivity index (χ0n) is 16.6. The summed E-state index contributed by atoms with van der Waals surface area (Å²) in [5.41, 5.74) is 6.84. The molecule has 2 aromatic rings. The maximum absolute atomic E-state index is 13.0. The zero-order chi connectivity index (χ0) is 21.3. The molecule has 2 aromatic heterocycles. The Labute approximate surface area is 174 Å². The first-order valence-corrected chi connectivity index (χ1v) is 10.0. The number of anilines is 1. The van der Waals surface area contributed by atoms with E-state index < -0.39 is 6.10 Å². The van der Waals surface area contributed by atoms with Gasteiger partial charge in [0.05, 0.1) is 17.9 Å². The number of furan rings is 1. The fourth-order valence-electron chi connectivity index (χ4n) is 3.99. The molecule has 3 N–H and O–H groups in total. The van der Waals surface area contributed by atoms with E-state index in [4.69, 9.17) is 10.2 Å². The van der Waals surface area contributed by atoms with Crippen molar-refractivity contribution >= 4 is 17.6 Å². The summed E-state index contributed by atoms with van der Waals surface area (Å²) in [6.45, 7) is 4.77. The molecule has 0 bridgehead atoms.